The number of carbonyl (C=O) groups is 2. The van der Waals surface area contributed by atoms with Gasteiger partial charge in [-0.05, 0) is 6.92 Å². The summed E-state index contributed by atoms with van der Waals surface area (Å²) in [5, 5.41) is 10.8. The van der Waals surface area contributed by atoms with Crippen molar-refractivity contribution in [1.82, 2.24) is 20.3 Å². The zero-order valence-electron chi connectivity index (χ0n) is 9.29. The minimum atomic E-state index is -1.16. The summed E-state index contributed by atoms with van der Waals surface area (Å²) in [6, 6.07) is -0.725. The van der Waals surface area contributed by atoms with Crippen LogP contribution in [0, 0.1) is 0 Å². The molecule has 8 heteroatoms. The summed E-state index contributed by atoms with van der Waals surface area (Å²) in [4.78, 5) is 29.6. The molecule has 0 aliphatic carbocycles. The van der Waals surface area contributed by atoms with Gasteiger partial charge in [-0.25, -0.2) is 20.1 Å². The smallest absolute Gasteiger partial charge is 0.338 e. The number of imidazole rings is 1. The van der Waals surface area contributed by atoms with Crippen LogP contribution >= 0.6 is 0 Å². The highest BCUT2D eigenvalue weighted by Gasteiger charge is 2.08. The fourth-order valence-electron chi connectivity index (χ4n) is 1.17. The number of rotatable bonds is 6. The molecule has 0 saturated heterocycles. The zero-order valence-corrected chi connectivity index (χ0v) is 9.29. The van der Waals surface area contributed by atoms with E-state index in [9.17, 15) is 9.59 Å². The lowest BCUT2D eigenvalue weighted by Gasteiger charge is -2.14. The number of hydrogen-bond acceptors (Lipinski definition) is 4. The van der Waals surface area contributed by atoms with Gasteiger partial charge < -0.3 is 15.0 Å². The highest BCUT2D eigenvalue weighted by Crippen LogP contribution is 1.91. The second kappa shape index (κ2) is 6.48. The molecule has 1 heterocycles. The van der Waals surface area contributed by atoms with Crippen LogP contribution in [0.2, 0.25) is 0 Å². The lowest BCUT2D eigenvalue weighted by molar-refractivity contribution is -0.144. The summed E-state index contributed by atoms with van der Waals surface area (Å²) in [6.45, 7) is 1.78. The molecule has 0 radical (unpaired) electrons. The zero-order chi connectivity index (χ0) is 12.7. The third kappa shape index (κ3) is 5.52. The quantitative estimate of drug-likeness (QED) is 0.588. The number of aliphatic carboxylic acids is 1. The molecule has 1 rings (SSSR count). The lowest BCUT2D eigenvalue weighted by Crippen LogP contribution is -2.42. The Hall–Kier alpha value is -2.09. The Balaban J connectivity index is 2.19. The van der Waals surface area contributed by atoms with Crippen LogP contribution in [-0.4, -0.2) is 39.3 Å². The van der Waals surface area contributed by atoms with Crippen molar-refractivity contribution in [3.8, 4) is 0 Å². The predicted octanol–water partition coefficient (Wildman–Crippen LogP) is -0.413. The number of carboxylic acids is 1. The van der Waals surface area contributed by atoms with Crippen molar-refractivity contribution in [3.63, 3.8) is 0 Å². The Morgan fingerprint density at radius 3 is 2.94 bits per heavy atom. The molecule has 0 fully saturated rings. The maximum Gasteiger partial charge on any atom is 0.338 e. The Labute approximate surface area is 97.5 Å². The standard InChI is InChI=1S/C9H14N4O4/c1-7(4-13-3-2-10-6-13)11-9(16)12-17-5-8(14)15/h2-3,6-7H,4-5H2,1H3,(H,14,15)(H2,11,12,16). The van der Waals surface area contributed by atoms with Crippen LogP contribution < -0.4 is 10.8 Å². The van der Waals surface area contributed by atoms with Gasteiger partial charge in [0.15, 0.2) is 6.61 Å². The van der Waals surface area contributed by atoms with E-state index in [1.165, 1.54) is 0 Å². The highest BCUT2D eigenvalue weighted by molar-refractivity contribution is 5.73. The lowest BCUT2D eigenvalue weighted by atomic mass is 10.3. The molecule has 1 atom stereocenters. The van der Waals surface area contributed by atoms with E-state index in [1.807, 2.05) is 10.0 Å². The maximum absolute atomic E-state index is 11.2. The molecular weight excluding hydrogens is 228 g/mol. The number of carboxylic acid groups (broad SMARTS) is 1. The molecule has 2 amide bonds. The molecule has 17 heavy (non-hydrogen) atoms. The van der Waals surface area contributed by atoms with E-state index >= 15 is 0 Å². The van der Waals surface area contributed by atoms with E-state index in [4.69, 9.17) is 5.11 Å². The highest BCUT2D eigenvalue weighted by atomic mass is 16.7. The van der Waals surface area contributed by atoms with Crippen molar-refractivity contribution in [1.29, 1.82) is 0 Å². The number of nitrogens with zero attached hydrogens (tertiary/aromatic N) is 2. The number of amides is 2. The van der Waals surface area contributed by atoms with E-state index < -0.39 is 18.6 Å². The first-order valence-electron chi connectivity index (χ1n) is 4.93. The molecule has 0 aliphatic heterocycles. The molecular formula is C9H14N4O4. The van der Waals surface area contributed by atoms with Crippen LogP contribution in [0.25, 0.3) is 0 Å². The monoisotopic (exact) mass is 242 g/mol. The molecule has 0 bridgehead atoms. The first-order chi connectivity index (χ1) is 8.08. The van der Waals surface area contributed by atoms with Crippen LogP contribution in [0.3, 0.4) is 0 Å². The van der Waals surface area contributed by atoms with Gasteiger partial charge in [0.2, 0.25) is 0 Å². The topological polar surface area (TPSA) is 105 Å². The number of urea groups is 1. The van der Waals surface area contributed by atoms with Crippen molar-refractivity contribution in [2.45, 2.75) is 19.5 Å². The van der Waals surface area contributed by atoms with Crippen LogP contribution in [0.4, 0.5) is 4.79 Å². The molecule has 1 aromatic rings. The summed E-state index contributed by atoms with van der Waals surface area (Å²) >= 11 is 0. The van der Waals surface area contributed by atoms with Crippen LogP contribution in [-0.2, 0) is 16.2 Å². The summed E-state index contributed by atoms with van der Waals surface area (Å²) in [5.41, 5.74) is 1.97. The number of hydroxylamine groups is 1. The Morgan fingerprint density at radius 2 is 2.35 bits per heavy atom. The normalized spacial score (nSPS) is 11.8. The number of aromatic nitrogens is 2. The van der Waals surface area contributed by atoms with Gasteiger partial charge in [-0.15, -0.1) is 0 Å². The predicted molar refractivity (Wildman–Crippen MR) is 56.9 cm³/mol. The van der Waals surface area contributed by atoms with Gasteiger partial charge in [-0.2, -0.15) is 0 Å². The SMILES string of the molecule is CC(Cn1ccnc1)NC(=O)NOCC(=O)O. The molecule has 0 aromatic carbocycles. The van der Waals surface area contributed by atoms with Crippen molar-refractivity contribution in [2.24, 2.45) is 0 Å². The number of carbonyl (C=O) groups excluding carboxylic acids is 1. The Bertz CT molecular complexity index is 365. The molecule has 0 aliphatic rings. The average molecular weight is 242 g/mol. The molecule has 3 N–H and O–H groups in total. The van der Waals surface area contributed by atoms with Crippen molar-refractivity contribution >= 4 is 12.0 Å². The molecule has 0 saturated carbocycles. The van der Waals surface area contributed by atoms with Gasteiger partial charge in [0.25, 0.3) is 0 Å². The van der Waals surface area contributed by atoms with E-state index in [0.29, 0.717) is 6.54 Å². The molecule has 8 nitrogen and oxygen atoms in total. The van der Waals surface area contributed by atoms with E-state index in [-0.39, 0.29) is 6.04 Å². The molecule has 94 valence electrons. The van der Waals surface area contributed by atoms with Crippen LogP contribution in [0.5, 0.6) is 0 Å². The first-order valence-corrected chi connectivity index (χ1v) is 4.93. The molecule has 1 unspecified atom stereocenters. The van der Waals surface area contributed by atoms with Gasteiger partial charge in [-0.3, -0.25) is 4.84 Å². The Morgan fingerprint density at radius 1 is 1.59 bits per heavy atom. The minimum absolute atomic E-state index is 0.141. The van der Waals surface area contributed by atoms with Gasteiger partial charge >= 0.3 is 12.0 Å². The fraction of sp³-hybridized carbons (Fsp3) is 0.444. The molecule has 0 spiro atoms. The number of nitrogens with one attached hydrogen (secondary N) is 2. The van der Waals surface area contributed by atoms with E-state index in [2.05, 4.69) is 15.1 Å². The summed E-state index contributed by atoms with van der Waals surface area (Å²) in [6.07, 6.45) is 5.05. The van der Waals surface area contributed by atoms with Crippen molar-refractivity contribution in [2.75, 3.05) is 6.61 Å². The van der Waals surface area contributed by atoms with Crippen molar-refractivity contribution < 1.29 is 19.5 Å². The number of hydrogen-bond donors (Lipinski definition) is 3. The van der Waals surface area contributed by atoms with Crippen LogP contribution in [0.15, 0.2) is 18.7 Å². The van der Waals surface area contributed by atoms with Gasteiger partial charge in [0, 0.05) is 25.0 Å². The van der Waals surface area contributed by atoms with Gasteiger partial charge in [0.05, 0.1) is 6.33 Å². The largest absolute Gasteiger partial charge is 0.479 e. The van der Waals surface area contributed by atoms with Gasteiger partial charge in [-0.1, -0.05) is 0 Å². The van der Waals surface area contributed by atoms with Crippen LogP contribution in [0.1, 0.15) is 6.92 Å². The van der Waals surface area contributed by atoms with E-state index in [0.717, 1.165) is 0 Å². The summed E-state index contributed by atoms with van der Waals surface area (Å²) < 4.78 is 1.81. The summed E-state index contributed by atoms with van der Waals surface area (Å²) in [5.74, 6) is -1.16. The fourth-order valence-corrected chi connectivity index (χ4v) is 1.17. The third-order valence-corrected chi connectivity index (χ3v) is 1.78. The second-order valence-electron chi connectivity index (χ2n) is 3.42. The van der Waals surface area contributed by atoms with Gasteiger partial charge in [0.1, 0.15) is 0 Å². The summed E-state index contributed by atoms with van der Waals surface area (Å²) in [7, 11) is 0. The first kappa shape index (κ1) is 13.0. The third-order valence-electron chi connectivity index (χ3n) is 1.78. The maximum atomic E-state index is 11.2. The average Bonchev–Trinajstić information content (AvgIpc) is 2.69. The minimum Gasteiger partial charge on any atom is -0.479 e. The van der Waals surface area contributed by atoms with Crippen molar-refractivity contribution in [3.05, 3.63) is 18.7 Å². The Kier molecular flexibility index (Phi) is 4.95. The molecule has 1 aromatic heterocycles. The second-order valence-corrected chi connectivity index (χ2v) is 3.42. The van der Waals surface area contributed by atoms with E-state index in [1.54, 1.807) is 25.6 Å².